The topological polar surface area (TPSA) is 21.3 Å². The maximum atomic E-state index is 5.51. The zero-order valence-corrected chi connectivity index (χ0v) is 13.0. The molecule has 0 spiro atoms. The molecule has 0 bridgehead atoms. The summed E-state index contributed by atoms with van der Waals surface area (Å²) in [6.07, 6.45) is 7.82. The Morgan fingerprint density at radius 3 is 2.53 bits per heavy atom. The van der Waals surface area contributed by atoms with Gasteiger partial charge in [0.15, 0.2) is 0 Å². The SMILES string of the molecule is CCCCCCCC(NC)c1ccc(C)cc1OC. The fourth-order valence-electron chi connectivity index (χ4n) is 2.51. The average Bonchev–Trinajstić information content (AvgIpc) is 2.43. The van der Waals surface area contributed by atoms with Crippen LogP contribution in [0.3, 0.4) is 0 Å². The normalized spacial score (nSPS) is 12.4. The number of hydrogen-bond donors (Lipinski definition) is 1. The zero-order chi connectivity index (χ0) is 14.1. The Morgan fingerprint density at radius 1 is 1.16 bits per heavy atom. The van der Waals surface area contributed by atoms with E-state index in [2.05, 4.69) is 37.4 Å². The number of methoxy groups -OCH3 is 1. The summed E-state index contributed by atoms with van der Waals surface area (Å²) in [6.45, 7) is 4.36. The minimum absolute atomic E-state index is 0.400. The molecule has 19 heavy (non-hydrogen) atoms. The van der Waals surface area contributed by atoms with E-state index in [1.807, 2.05) is 7.05 Å². The maximum absolute atomic E-state index is 5.51. The molecule has 1 aromatic carbocycles. The highest BCUT2D eigenvalue weighted by Gasteiger charge is 2.13. The van der Waals surface area contributed by atoms with Crippen molar-refractivity contribution in [2.75, 3.05) is 14.2 Å². The molecule has 1 aromatic rings. The Kier molecular flexibility index (Phi) is 7.57. The number of rotatable bonds is 9. The van der Waals surface area contributed by atoms with Gasteiger partial charge in [-0.3, -0.25) is 0 Å². The van der Waals surface area contributed by atoms with Gasteiger partial charge in [-0.05, 0) is 32.0 Å². The van der Waals surface area contributed by atoms with Crippen molar-refractivity contribution in [1.29, 1.82) is 0 Å². The van der Waals surface area contributed by atoms with Crippen LogP contribution in [0.1, 0.15) is 62.6 Å². The average molecular weight is 263 g/mol. The minimum atomic E-state index is 0.400. The van der Waals surface area contributed by atoms with Crippen LogP contribution in [0, 0.1) is 6.92 Å². The van der Waals surface area contributed by atoms with E-state index in [9.17, 15) is 0 Å². The van der Waals surface area contributed by atoms with E-state index in [0.29, 0.717) is 6.04 Å². The van der Waals surface area contributed by atoms with Crippen molar-refractivity contribution in [2.45, 2.75) is 58.4 Å². The van der Waals surface area contributed by atoms with Crippen LogP contribution in [0.5, 0.6) is 5.75 Å². The van der Waals surface area contributed by atoms with E-state index >= 15 is 0 Å². The second-order valence-electron chi connectivity index (χ2n) is 5.29. The van der Waals surface area contributed by atoms with Crippen molar-refractivity contribution in [1.82, 2.24) is 5.32 Å². The van der Waals surface area contributed by atoms with Crippen molar-refractivity contribution < 1.29 is 4.74 Å². The summed E-state index contributed by atoms with van der Waals surface area (Å²) in [5.41, 5.74) is 2.53. The molecule has 0 aliphatic carbocycles. The van der Waals surface area contributed by atoms with Crippen LogP contribution in [0.4, 0.5) is 0 Å². The van der Waals surface area contributed by atoms with Crippen LogP contribution in [-0.4, -0.2) is 14.2 Å². The van der Waals surface area contributed by atoms with Crippen molar-refractivity contribution in [3.63, 3.8) is 0 Å². The van der Waals surface area contributed by atoms with Gasteiger partial charge in [0, 0.05) is 11.6 Å². The van der Waals surface area contributed by atoms with Gasteiger partial charge in [-0.1, -0.05) is 51.2 Å². The van der Waals surface area contributed by atoms with Gasteiger partial charge in [-0.15, -0.1) is 0 Å². The third-order valence-electron chi connectivity index (χ3n) is 3.71. The highest BCUT2D eigenvalue weighted by molar-refractivity contribution is 5.39. The molecule has 1 rings (SSSR count). The lowest BCUT2D eigenvalue weighted by Gasteiger charge is -2.19. The first-order valence-electron chi connectivity index (χ1n) is 7.54. The Hall–Kier alpha value is -1.02. The van der Waals surface area contributed by atoms with Gasteiger partial charge in [0.05, 0.1) is 7.11 Å². The summed E-state index contributed by atoms with van der Waals surface area (Å²) < 4.78 is 5.51. The standard InChI is InChI=1S/C17H29NO/c1-5-6-7-8-9-10-16(18-3)15-12-11-14(2)13-17(15)19-4/h11-13,16,18H,5-10H2,1-4H3. The van der Waals surface area contributed by atoms with Gasteiger partial charge in [0.2, 0.25) is 0 Å². The maximum Gasteiger partial charge on any atom is 0.123 e. The van der Waals surface area contributed by atoms with E-state index in [-0.39, 0.29) is 0 Å². The molecule has 0 saturated carbocycles. The number of unbranched alkanes of at least 4 members (excludes halogenated alkanes) is 4. The summed E-state index contributed by atoms with van der Waals surface area (Å²) in [7, 11) is 3.79. The first-order valence-corrected chi connectivity index (χ1v) is 7.54. The second-order valence-corrected chi connectivity index (χ2v) is 5.29. The van der Waals surface area contributed by atoms with E-state index in [1.165, 1.54) is 49.7 Å². The molecule has 1 N–H and O–H groups in total. The molecule has 0 radical (unpaired) electrons. The number of ether oxygens (including phenoxy) is 1. The van der Waals surface area contributed by atoms with Crippen LogP contribution in [0.2, 0.25) is 0 Å². The molecule has 0 amide bonds. The van der Waals surface area contributed by atoms with Crippen molar-refractivity contribution in [2.24, 2.45) is 0 Å². The van der Waals surface area contributed by atoms with E-state index in [4.69, 9.17) is 4.74 Å². The number of benzene rings is 1. The van der Waals surface area contributed by atoms with Crippen LogP contribution >= 0.6 is 0 Å². The lowest BCUT2D eigenvalue weighted by molar-refractivity contribution is 0.396. The summed E-state index contributed by atoms with van der Waals surface area (Å²) in [6, 6.07) is 6.88. The van der Waals surface area contributed by atoms with Gasteiger partial charge in [-0.2, -0.15) is 0 Å². The number of nitrogens with one attached hydrogen (secondary N) is 1. The molecule has 0 aliphatic heterocycles. The van der Waals surface area contributed by atoms with Gasteiger partial charge >= 0.3 is 0 Å². The lowest BCUT2D eigenvalue weighted by atomic mass is 9.98. The van der Waals surface area contributed by atoms with Crippen LogP contribution < -0.4 is 10.1 Å². The van der Waals surface area contributed by atoms with Crippen molar-refractivity contribution >= 4 is 0 Å². The smallest absolute Gasteiger partial charge is 0.123 e. The van der Waals surface area contributed by atoms with Crippen molar-refractivity contribution in [3.05, 3.63) is 29.3 Å². The molecule has 108 valence electrons. The van der Waals surface area contributed by atoms with E-state index < -0.39 is 0 Å². The van der Waals surface area contributed by atoms with Crippen molar-refractivity contribution in [3.8, 4) is 5.75 Å². The second kappa shape index (κ2) is 8.98. The van der Waals surface area contributed by atoms with Gasteiger partial charge in [-0.25, -0.2) is 0 Å². The molecule has 2 nitrogen and oxygen atoms in total. The van der Waals surface area contributed by atoms with Crippen LogP contribution in [-0.2, 0) is 0 Å². The predicted octanol–water partition coefficient (Wildman–Crippen LogP) is 4.62. The quantitative estimate of drug-likeness (QED) is 0.656. The zero-order valence-electron chi connectivity index (χ0n) is 13.0. The third kappa shape index (κ3) is 5.23. The lowest BCUT2D eigenvalue weighted by Crippen LogP contribution is -2.17. The molecule has 0 aromatic heterocycles. The molecule has 1 atom stereocenters. The fraction of sp³-hybridized carbons (Fsp3) is 0.647. The number of hydrogen-bond acceptors (Lipinski definition) is 2. The van der Waals surface area contributed by atoms with Crippen LogP contribution in [0.25, 0.3) is 0 Å². The van der Waals surface area contributed by atoms with E-state index in [1.54, 1.807) is 7.11 Å². The Morgan fingerprint density at radius 2 is 1.89 bits per heavy atom. The molecular formula is C17H29NO. The monoisotopic (exact) mass is 263 g/mol. The molecule has 1 unspecified atom stereocenters. The van der Waals surface area contributed by atoms with Gasteiger partial charge in [0.1, 0.15) is 5.75 Å². The minimum Gasteiger partial charge on any atom is -0.496 e. The first kappa shape index (κ1) is 16.0. The molecule has 0 saturated heterocycles. The van der Waals surface area contributed by atoms with Gasteiger partial charge in [0.25, 0.3) is 0 Å². The highest BCUT2D eigenvalue weighted by Crippen LogP contribution is 2.29. The van der Waals surface area contributed by atoms with E-state index in [0.717, 1.165) is 5.75 Å². The summed E-state index contributed by atoms with van der Waals surface area (Å²) in [5.74, 6) is 1.01. The Labute approximate surface area is 118 Å². The fourth-order valence-corrected chi connectivity index (χ4v) is 2.51. The van der Waals surface area contributed by atoms with Crippen LogP contribution in [0.15, 0.2) is 18.2 Å². The summed E-state index contributed by atoms with van der Waals surface area (Å²) in [5, 5.41) is 3.42. The summed E-state index contributed by atoms with van der Waals surface area (Å²) in [4.78, 5) is 0. The largest absolute Gasteiger partial charge is 0.496 e. The number of aryl methyl sites for hydroxylation is 1. The predicted molar refractivity (Wildman–Crippen MR) is 82.9 cm³/mol. The molecule has 0 fully saturated rings. The molecule has 0 aliphatic rings. The Bertz CT molecular complexity index is 362. The third-order valence-corrected chi connectivity index (χ3v) is 3.71. The molecular weight excluding hydrogens is 234 g/mol. The Balaban J connectivity index is 2.58. The molecule has 0 heterocycles. The van der Waals surface area contributed by atoms with Gasteiger partial charge < -0.3 is 10.1 Å². The molecule has 2 heteroatoms. The first-order chi connectivity index (χ1) is 9.22. The summed E-state index contributed by atoms with van der Waals surface area (Å²) >= 11 is 0. The highest BCUT2D eigenvalue weighted by atomic mass is 16.5.